The van der Waals surface area contributed by atoms with Crippen LogP contribution in [0.25, 0.3) is 11.2 Å². The minimum absolute atomic E-state index is 0.0815. The normalized spacial score (nSPS) is 14.8. The third-order valence-corrected chi connectivity index (χ3v) is 7.21. The predicted molar refractivity (Wildman–Crippen MR) is 129 cm³/mol. The first-order valence-electron chi connectivity index (χ1n) is 11.1. The Bertz CT molecular complexity index is 1030. The van der Waals surface area contributed by atoms with Gasteiger partial charge in [0.1, 0.15) is 18.1 Å². The number of anilines is 1. The van der Waals surface area contributed by atoms with Crippen LogP contribution in [0.1, 0.15) is 23.2 Å². The molecule has 3 heterocycles. The van der Waals surface area contributed by atoms with Gasteiger partial charge in [0.2, 0.25) is 0 Å². The van der Waals surface area contributed by atoms with Crippen molar-refractivity contribution in [3.63, 3.8) is 0 Å². The summed E-state index contributed by atoms with van der Waals surface area (Å²) in [5.74, 6) is 2.62. The third-order valence-electron chi connectivity index (χ3n) is 5.51. The molecule has 3 N–H and O–H groups in total. The maximum Gasteiger partial charge on any atom is 0.407 e. The minimum Gasteiger partial charge on any atom is -0.465 e. The summed E-state index contributed by atoms with van der Waals surface area (Å²) in [5, 5.41) is 15.1. The molecule has 2 aromatic rings. The molecule has 0 aromatic carbocycles. The molecule has 1 aliphatic heterocycles. The van der Waals surface area contributed by atoms with Crippen molar-refractivity contribution in [3.8, 4) is 12.3 Å². The van der Waals surface area contributed by atoms with Gasteiger partial charge in [-0.3, -0.25) is 4.79 Å². The molecule has 1 fully saturated rings. The number of terminal acetylenes is 1. The zero-order valence-electron chi connectivity index (χ0n) is 19.4. The molecule has 1 saturated heterocycles. The SMILES string of the molecule is C#CCNC(=O)c1cn(COCC[Si](C)(C)C)c2ncc(NC3CCN(C(=O)O)CC3)nc12. The maximum atomic E-state index is 12.7. The molecule has 2 aromatic heterocycles. The smallest absolute Gasteiger partial charge is 0.407 e. The highest BCUT2D eigenvalue weighted by Crippen LogP contribution is 2.22. The monoisotopic (exact) mass is 472 g/mol. The van der Waals surface area contributed by atoms with Gasteiger partial charge in [0, 0.05) is 40.0 Å². The fraction of sp³-hybridized carbons (Fsp3) is 0.545. The zero-order valence-corrected chi connectivity index (χ0v) is 20.4. The molecule has 0 spiro atoms. The van der Waals surface area contributed by atoms with Crippen LogP contribution >= 0.6 is 0 Å². The summed E-state index contributed by atoms with van der Waals surface area (Å²) < 4.78 is 7.64. The van der Waals surface area contributed by atoms with Crippen molar-refractivity contribution < 1.29 is 19.4 Å². The van der Waals surface area contributed by atoms with E-state index in [1.54, 1.807) is 17.0 Å². The molecule has 3 rings (SSSR count). The summed E-state index contributed by atoms with van der Waals surface area (Å²) >= 11 is 0. The van der Waals surface area contributed by atoms with Crippen LogP contribution < -0.4 is 10.6 Å². The van der Waals surface area contributed by atoms with Gasteiger partial charge in [-0.15, -0.1) is 6.42 Å². The van der Waals surface area contributed by atoms with Gasteiger partial charge >= 0.3 is 6.09 Å². The number of carbonyl (C=O) groups excluding carboxylic acids is 1. The van der Waals surface area contributed by atoms with Gasteiger partial charge in [-0.25, -0.2) is 14.8 Å². The van der Waals surface area contributed by atoms with Crippen LogP contribution in [0.15, 0.2) is 12.4 Å². The second-order valence-corrected chi connectivity index (χ2v) is 15.0. The largest absolute Gasteiger partial charge is 0.465 e. The lowest BCUT2D eigenvalue weighted by molar-refractivity contribution is 0.0892. The van der Waals surface area contributed by atoms with E-state index in [0.29, 0.717) is 55.1 Å². The van der Waals surface area contributed by atoms with Crippen LogP contribution in [0.5, 0.6) is 0 Å². The molecule has 0 aliphatic carbocycles. The van der Waals surface area contributed by atoms with E-state index in [-0.39, 0.29) is 25.2 Å². The van der Waals surface area contributed by atoms with Crippen LogP contribution in [0.4, 0.5) is 10.6 Å². The Kier molecular flexibility index (Phi) is 7.94. The highest BCUT2D eigenvalue weighted by atomic mass is 28.3. The lowest BCUT2D eigenvalue weighted by Crippen LogP contribution is -2.41. The summed E-state index contributed by atoms with van der Waals surface area (Å²) in [6.45, 7) is 8.85. The van der Waals surface area contributed by atoms with E-state index in [2.05, 4.69) is 46.2 Å². The molecule has 0 atom stereocenters. The number of likely N-dealkylation sites (tertiary alicyclic amines) is 1. The molecule has 2 amide bonds. The number of rotatable bonds is 9. The Morgan fingerprint density at radius 1 is 1.33 bits per heavy atom. The van der Waals surface area contributed by atoms with Gasteiger partial charge in [-0.2, -0.15) is 0 Å². The van der Waals surface area contributed by atoms with Crippen molar-refractivity contribution in [2.24, 2.45) is 0 Å². The van der Waals surface area contributed by atoms with Gasteiger partial charge in [0.25, 0.3) is 5.91 Å². The second-order valence-electron chi connectivity index (χ2n) is 9.36. The number of carboxylic acid groups (broad SMARTS) is 1. The number of carbonyl (C=O) groups is 2. The van der Waals surface area contributed by atoms with Gasteiger partial charge in [0.15, 0.2) is 5.65 Å². The molecule has 1 aliphatic rings. The molecule has 0 radical (unpaired) electrons. The third kappa shape index (κ3) is 6.69. The quantitative estimate of drug-likeness (QED) is 0.291. The van der Waals surface area contributed by atoms with Crippen LogP contribution in [0, 0.1) is 12.3 Å². The Hall–Kier alpha value is -3.10. The first kappa shape index (κ1) is 24.5. The molecular weight excluding hydrogens is 440 g/mol. The number of amides is 2. The number of nitrogens with zero attached hydrogens (tertiary/aromatic N) is 4. The maximum absolute atomic E-state index is 12.7. The van der Waals surface area contributed by atoms with Crippen LogP contribution in [0.2, 0.25) is 25.7 Å². The van der Waals surface area contributed by atoms with E-state index < -0.39 is 14.2 Å². The van der Waals surface area contributed by atoms with E-state index in [1.807, 2.05) is 0 Å². The molecule has 0 bridgehead atoms. The molecule has 178 valence electrons. The van der Waals surface area contributed by atoms with Gasteiger partial charge in [-0.1, -0.05) is 25.6 Å². The summed E-state index contributed by atoms with van der Waals surface area (Å²) in [6, 6.07) is 1.13. The highest BCUT2D eigenvalue weighted by Gasteiger charge is 2.23. The summed E-state index contributed by atoms with van der Waals surface area (Å²) in [4.78, 5) is 34.4. The first-order valence-corrected chi connectivity index (χ1v) is 14.8. The van der Waals surface area contributed by atoms with E-state index in [0.717, 1.165) is 6.04 Å². The number of ether oxygens (including phenoxy) is 1. The Labute approximate surface area is 194 Å². The van der Waals surface area contributed by atoms with E-state index in [9.17, 15) is 9.59 Å². The fourth-order valence-electron chi connectivity index (χ4n) is 3.58. The van der Waals surface area contributed by atoms with Crippen molar-refractivity contribution in [2.75, 3.05) is 31.6 Å². The Morgan fingerprint density at radius 2 is 2.06 bits per heavy atom. The molecule has 33 heavy (non-hydrogen) atoms. The highest BCUT2D eigenvalue weighted by molar-refractivity contribution is 6.76. The van der Waals surface area contributed by atoms with Crippen molar-refractivity contribution >= 4 is 37.1 Å². The number of nitrogens with one attached hydrogen (secondary N) is 2. The zero-order chi connectivity index (χ0) is 24.0. The molecular formula is C22H32N6O4Si. The standard InChI is InChI=1S/C22H32N6O4Si/c1-5-8-23-21(29)17-14-28(15-32-11-12-33(2,3)4)20-19(17)26-18(13-24-20)25-16-6-9-27(10-7-16)22(30)31/h1,13-14,16H,6-12,15H2,2-4H3,(H,23,29)(H,25,26)(H,30,31). The van der Waals surface area contributed by atoms with Gasteiger partial charge in [-0.05, 0) is 18.9 Å². The number of hydrogen-bond donors (Lipinski definition) is 3. The molecule has 10 nitrogen and oxygen atoms in total. The van der Waals surface area contributed by atoms with Gasteiger partial charge < -0.3 is 29.9 Å². The van der Waals surface area contributed by atoms with E-state index in [1.165, 1.54) is 4.90 Å². The summed E-state index contributed by atoms with van der Waals surface area (Å²) in [6.07, 6.45) is 9.06. The molecule has 0 saturated carbocycles. The van der Waals surface area contributed by atoms with Crippen LogP contribution in [0.3, 0.4) is 0 Å². The van der Waals surface area contributed by atoms with Crippen molar-refractivity contribution in [3.05, 3.63) is 18.0 Å². The van der Waals surface area contributed by atoms with Gasteiger partial charge in [0.05, 0.1) is 18.3 Å². The van der Waals surface area contributed by atoms with Crippen molar-refractivity contribution in [2.45, 2.75) is 51.3 Å². The summed E-state index contributed by atoms with van der Waals surface area (Å²) in [5.41, 5.74) is 1.40. The number of fused-ring (bicyclic) bond motifs is 1. The number of piperidine rings is 1. The van der Waals surface area contributed by atoms with E-state index >= 15 is 0 Å². The Balaban J connectivity index is 1.77. The average Bonchev–Trinajstić information content (AvgIpc) is 3.12. The Morgan fingerprint density at radius 3 is 2.70 bits per heavy atom. The second kappa shape index (κ2) is 10.7. The van der Waals surface area contributed by atoms with Crippen LogP contribution in [-0.4, -0.2) is 76.9 Å². The van der Waals surface area contributed by atoms with Crippen LogP contribution in [-0.2, 0) is 11.5 Å². The van der Waals surface area contributed by atoms with Crippen molar-refractivity contribution in [1.29, 1.82) is 0 Å². The van der Waals surface area contributed by atoms with E-state index in [4.69, 9.17) is 16.3 Å². The summed E-state index contributed by atoms with van der Waals surface area (Å²) in [7, 11) is -1.21. The topological polar surface area (TPSA) is 122 Å². The number of aromatic nitrogens is 3. The fourth-order valence-corrected chi connectivity index (χ4v) is 4.33. The minimum atomic E-state index is -1.21. The van der Waals surface area contributed by atoms with Crippen molar-refractivity contribution in [1.82, 2.24) is 24.8 Å². The predicted octanol–water partition coefficient (Wildman–Crippen LogP) is 2.66. The lowest BCUT2D eigenvalue weighted by Gasteiger charge is -2.30. The molecule has 11 heteroatoms. The number of hydrogen-bond acceptors (Lipinski definition) is 6. The lowest BCUT2D eigenvalue weighted by atomic mass is 10.1. The average molecular weight is 473 g/mol. The first-order chi connectivity index (χ1) is 15.7. The molecule has 0 unspecified atom stereocenters.